The summed E-state index contributed by atoms with van der Waals surface area (Å²) < 4.78 is 31.3. The molecule has 0 amide bonds. The number of hydrogen-bond donors (Lipinski definition) is 2. The molecule has 0 atom stereocenters. The highest BCUT2D eigenvalue weighted by molar-refractivity contribution is 7.89. The van der Waals surface area contributed by atoms with Crippen LogP contribution in [0.2, 0.25) is 0 Å². The summed E-state index contributed by atoms with van der Waals surface area (Å²) >= 11 is 0. The van der Waals surface area contributed by atoms with Crippen LogP contribution in [0.1, 0.15) is 36.6 Å². The van der Waals surface area contributed by atoms with Gasteiger partial charge in [-0.25, -0.2) is 18.1 Å². The Kier molecular flexibility index (Phi) is 4.59. The normalized spacial score (nSPS) is 15.9. The van der Waals surface area contributed by atoms with Crippen molar-refractivity contribution in [2.75, 3.05) is 12.3 Å². The molecule has 0 unspecified atom stereocenters. The summed E-state index contributed by atoms with van der Waals surface area (Å²) in [5, 5.41) is 3.29. The first-order chi connectivity index (χ1) is 8.96. The molecule has 0 bridgehead atoms. The van der Waals surface area contributed by atoms with Crippen molar-refractivity contribution in [3.05, 3.63) is 17.3 Å². The second kappa shape index (κ2) is 6.02. The summed E-state index contributed by atoms with van der Waals surface area (Å²) in [6.45, 7) is 4.51. The lowest BCUT2D eigenvalue weighted by atomic mass is 10.4. The Morgan fingerprint density at radius 2 is 2.11 bits per heavy atom. The van der Waals surface area contributed by atoms with Gasteiger partial charge in [-0.1, -0.05) is 0 Å². The topological polar surface area (TPSA) is 84.2 Å². The van der Waals surface area contributed by atoms with Crippen molar-refractivity contribution in [1.29, 1.82) is 0 Å². The molecule has 0 spiro atoms. The van der Waals surface area contributed by atoms with Gasteiger partial charge in [0.05, 0.1) is 18.0 Å². The van der Waals surface area contributed by atoms with Crippen LogP contribution in [0.15, 0.2) is 4.42 Å². The second-order valence-electron chi connectivity index (χ2n) is 4.97. The van der Waals surface area contributed by atoms with Gasteiger partial charge in [0, 0.05) is 6.04 Å². The van der Waals surface area contributed by atoms with Crippen LogP contribution >= 0.6 is 0 Å². The second-order valence-corrected chi connectivity index (χ2v) is 6.90. The van der Waals surface area contributed by atoms with E-state index in [1.807, 2.05) is 13.8 Å². The Labute approximate surface area is 114 Å². The number of nitrogens with one attached hydrogen (secondary N) is 2. The largest absolute Gasteiger partial charge is 0.444 e. The number of aryl methyl sites for hydroxylation is 2. The smallest absolute Gasteiger partial charge is 0.212 e. The van der Waals surface area contributed by atoms with Crippen molar-refractivity contribution < 1.29 is 12.8 Å². The average molecular weight is 287 g/mol. The molecule has 0 aliphatic heterocycles. The van der Waals surface area contributed by atoms with E-state index in [2.05, 4.69) is 15.0 Å². The van der Waals surface area contributed by atoms with E-state index >= 15 is 0 Å². The Morgan fingerprint density at radius 1 is 1.37 bits per heavy atom. The molecule has 1 aliphatic rings. The van der Waals surface area contributed by atoms with Gasteiger partial charge < -0.3 is 9.73 Å². The third-order valence-electron chi connectivity index (χ3n) is 3.12. The lowest BCUT2D eigenvalue weighted by Crippen LogP contribution is -2.28. The highest BCUT2D eigenvalue weighted by Gasteiger charge is 2.20. The molecule has 1 aromatic rings. The summed E-state index contributed by atoms with van der Waals surface area (Å²) in [5.41, 5.74) is 0.794. The third kappa shape index (κ3) is 4.93. The van der Waals surface area contributed by atoms with Gasteiger partial charge in [-0.2, -0.15) is 0 Å². The molecule has 7 heteroatoms. The Morgan fingerprint density at radius 3 is 2.68 bits per heavy atom. The van der Waals surface area contributed by atoms with Gasteiger partial charge in [-0.15, -0.1) is 0 Å². The van der Waals surface area contributed by atoms with E-state index in [-0.39, 0.29) is 12.3 Å². The molecule has 108 valence electrons. The highest BCUT2D eigenvalue weighted by atomic mass is 32.2. The molecular weight excluding hydrogens is 266 g/mol. The lowest BCUT2D eigenvalue weighted by molar-refractivity contribution is 0.462. The predicted molar refractivity (Wildman–Crippen MR) is 72.2 cm³/mol. The number of hydrogen-bond acceptors (Lipinski definition) is 5. The maximum absolute atomic E-state index is 11.7. The summed E-state index contributed by atoms with van der Waals surface area (Å²) in [7, 11) is -3.25. The standard InChI is InChI=1S/C12H21N3O3S/c1-9-10(2)18-12(15-9)8-14-19(16,17)7-3-6-13-11-4-5-11/h11,13-14H,3-8H2,1-2H3. The lowest BCUT2D eigenvalue weighted by Gasteiger charge is -2.05. The number of nitrogens with zero attached hydrogens (tertiary/aromatic N) is 1. The van der Waals surface area contributed by atoms with Gasteiger partial charge in [0.15, 0.2) is 0 Å². The van der Waals surface area contributed by atoms with E-state index in [1.54, 1.807) is 0 Å². The van der Waals surface area contributed by atoms with E-state index in [4.69, 9.17) is 4.42 Å². The zero-order valence-electron chi connectivity index (χ0n) is 11.4. The summed E-state index contributed by atoms with van der Waals surface area (Å²) in [6, 6.07) is 0.619. The van der Waals surface area contributed by atoms with Gasteiger partial charge >= 0.3 is 0 Å². The molecule has 1 fully saturated rings. The molecule has 1 aromatic heterocycles. The van der Waals surface area contributed by atoms with Crippen molar-refractivity contribution in [2.45, 2.75) is 45.7 Å². The van der Waals surface area contributed by atoms with Crippen LogP contribution in [-0.2, 0) is 16.6 Å². The summed E-state index contributed by atoms with van der Waals surface area (Å²) in [4.78, 5) is 4.14. The van der Waals surface area contributed by atoms with Gasteiger partial charge in [-0.05, 0) is 39.7 Å². The number of sulfonamides is 1. The Hall–Kier alpha value is -0.920. The minimum atomic E-state index is -3.25. The predicted octanol–water partition coefficient (Wildman–Crippen LogP) is 0.853. The van der Waals surface area contributed by atoms with E-state index in [9.17, 15) is 8.42 Å². The first-order valence-corrected chi connectivity index (χ1v) is 8.25. The van der Waals surface area contributed by atoms with Gasteiger partial charge in [0.1, 0.15) is 5.76 Å². The van der Waals surface area contributed by atoms with Crippen molar-refractivity contribution in [3.63, 3.8) is 0 Å². The SMILES string of the molecule is Cc1nc(CNS(=O)(=O)CCCNC2CC2)oc1C. The first kappa shape index (κ1) is 14.5. The van der Waals surface area contributed by atoms with Crippen LogP contribution < -0.4 is 10.0 Å². The quantitative estimate of drug-likeness (QED) is 0.693. The molecule has 0 aromatic carbocycles. The Bertz CT molecular complexity index is 501. The van der Waals surface area contributed by atoms with Crippen molar-refractivity contribution in [3.8, 4) is 0 Å². The fraction of sp³-hybridized carbons (Fsp3) is 0.750. The maximum Gasteiger partial charge on any atom is 0.212 e. The molecule has 0 saturated heterocycles. The van der Waals surface area contributed by atoms with Gasteiger partial charge in [-0.3, -0.25) is 0 Å². The molecule has 1 saturated carbocycles. The highest BCUT2D eigenvalue weighted by Crippen LogP contribution is 2.18. The average Bonchev–Trinajstić information content (AvgIpc) is 3.10. The zero-order chi connectivity index (χ0) is 13.9. The number of aromatic nitrogens is 1. The van der Waals surface area contributed by atoms with E-state index in [0.29, 0.717) is 18.4 Å². The minimum Gasteiger partial charge on any atom is -0.444 e. The summed E-state index contributed by atoms with van der Waals surface area (Å²) in [6.07, 6.45) is 3.05. The molecule has 2 N–H and O–H groups in total. The molecule has 0 radical (unpaired) electrons. The third-order valence-corrected chi connectivity index (χ3v) is 4.53. The molecular formula is C12H21N3O3S. The van der Waals surface area contributed by atoms with Gasteiger partial charge in [0.25, 0.3) is 0 Å². The number of oxazole rings is 1. The fourth-order valence-corrected chi connectivity index (χ4v) is 2.73. The minimum absolute atomic E-state index is 0.118. The van der Waals surface area contributed by atoms with E-state index in [1.165, 1.54) is 12.8 Å². The van der Waals surface area contributed by atoms with Crippen molar-refractivity contribution in [1.82, 2.24) is 15.0 Å². The first-order valence-electron chi connectivity index (χ1n) is 6.60. The molecule has 19 heavy (non-hydrogen) atoms. The van der Waals surface area contributed by atoms with Crippen molar-refractivity contribution >= 4 is 10.0 Å². The Balaban J connectivity index is 1.70. The monoisotopic (exact) mass is 287 g/mol. The van der Waals surface area contributed by atoms with Crippen LogP contribution in [0, 0.1) is 13.8 Å². The van der Waals surface area contributed by atoms with Crippen LogP contribution in [0.5, 0.6) is 0 Å². The fourth-order valence-electron chi connectivity index (χ4n) is 1.71. The van der Waals surface area contributed by atoms with E-state index < -0.39 is 10.0 Å². The zero-order valence-corrected chi connectivity index (χ0v) is 12.2. The number of rotatable bonds is 8. The van der Waals surface area contributed by atoms with Crippen molar-refractivity contribution in [2.24, 2.45) is 0 Å². The van der Waals surface area contributed by atoms with Crippen LogP contribution in [-0.4, -0.2) is 31.7 Å². The molecule has 1 aliphatic carbocycles. The van der Waals surface area contributed by atoms with Gasteiger partial charge in [0.2, 0.25) is 15.9 Å². The van der Waals surface area contributed by atoms with Crippen LogP contribution in [0.25, 0.3) is 0 Å². The maximum atomic E-state index is 11.7. The van der Waals surface area contributed by atoms with E-state index in [0.717, 1.165) is 18.0 Å². The van der Waals surface area contributed by atoms with Crippen LogP contribution in [0.3, 0.4) is 0 Å². The molecule has 6 nitrogen and oxygen atoms in total. The molecule has 1 heterocycles. The van der Waals surface area contributed by atoms with Crippen LogP contribution in [0.4, 0.5) is 0 Å². The molecule has 2 rings (SSSR count). The summed E-state index contributed by atoms with van der Waals surface area (Å²) in [5.74, 6) is 1.27.